The van der Waals surface area contributed by atoms with Gasteiger partial charge in [-0.1, -0.05) is 93.0 Å². The van der Waals surface area contributed by atoms with Gasteiger partial charge in [-0.2, -0.15) is 0 Å². The first kappa shape index (κ1) is 51.7. The van der Waals surface area contributed by atoms with Crippen LogP contribution in [0.3, 0.4) is 0 Å². The van der Waals surface area contributed by atoms with Gasteiger partial charge >= 0.3 is 5.97 Å². The highest BCUT2D eigenvalue weighted by Gasteiger charge is 2.50. The van der Waals surface area contributed by atoms with Crippen molar-refractivity contribution in [2.75, 3.05) is 7.11 Å². The number of hydrogen-bond donors (Lipinski definition) is 1. The lowest BCUT2D eigenvalue weighted by Gasteiger charge is -2.46. The smallest absolute Gasteiger partial charge is 0.305 e. The molecule has 0 saturated heterocycles. The van der Waals surface area contributed by atoms with Gasteiger partial charge in [0, 0.05) is 16.7 Å². The lowest BCUT2D eigenvalue weighted by atomic mass is 9.73. The lowest BCUT2D eigenvalue weighted by Crippen LogP contribution is -2.54. The largest absolute Gasteiger partial charge is 0.497 e. The number of carbonyl (C=O) groups excluding carboxylic acids is 1. The van der Waals surface area contributed by atoms with Crippen LogP contribution in [0.15, 0.2) is 46.9 Å². The van der Waals surface area contributed by atoms with Crippen LogP contribution in [-0.2, 0) is 29.8 Å². The summed E-state index contributed by atoms with van der Waals surface area (Å²) >= 11 is 1.65. The molecule has 1 aromatic carbocycles. The molecular weight excluding hydrogens is 779 g/mol. The van der Waals surface area contributed by atoms with E-state index in [1.165, 1.54) is 5.57 Å². The molecule has 0 unspecified atom stereocenters. The molecule has 0 aliphatic rings. The summed E-state index contributed by atoms with van der Waals surface area (Å²) in [7, 11) is -3.01. The summed E-state index contributed by atoms with van der Waals surface area (Å²) in [5.74, 6) is -0.486. The van der Waals surface area contributed by atoms with Gasteiger partial charge in [-0.3, -0.25) is 9.59 Å². The SMILES string of the molecule is COc1ccc(CO[C@@H](C/C=C(/C)CCC[C@H](C)[C@H](O[Si](C)(C)C(C)(C)C)[C@@H](C)C(=O)C(C)(C)[C@H](CC(=O)O)O[Si](C)(C)C(C)(C)C)/C(C)=C/c2csc(C)n2)cc1. The maximum Gasteiger partial charge on any atom is 0.305 e. The molecule has 0 aliphatic heterocycles. The minimum absolute atomic E-state index is 0.000938. The summed E-state index contributed by atoms with van der Waals surface area (Å²) in [5.41, 5.74) is 3.44. The second-order valence-electron chi connectivity index (χ2n) is 20.2. The number of aliphatic carboxylic acids is 1. The monoisotopic (exact) mass is 858 g/mol. The van der Waals surface area contributed by atoms with Gasteiger partial charge in [0.05, 0.1) is 49.2 Å². The number of hydrogen-bond acceptors (Lipinski definition) is 8. The predicted octanol–water partition coefficient (Wildman–Crippen LogP) is 13.1. The molecule has 0 amide bonds. The van der Waals surface area contributed by atoms with Gasteiger partial charge in [0.15, 0.2) is 16.6 Å². The first-order chi connectivity index (χ1) is 26.5. The van der Waals surface area contributed by atoms with E-state index in [4.69, 9.17) is 18.3 Å². The van der Waals surface area contributed by atoms with Gasteiger partial charge in [-0.25, -0.2) is 4.98 Å². The van der Waals surface area contributed by atoms with Gasteiger partial charge in [0.1, 0.15) is 11.5 Å². The van der Waals surface area contributed by atoms with Gasteiger partial charge in [0.25, 0.3) is 0 Å². The Kier molecular flexibility index (Phi) is 19.1. The standard InChI is InChI=1S/C47H79NO7SSi2/c1-32(22-27-40(34(3)28-38-31-56-36(5)48-38)53-30-37-23-25-39(52-14)26-24-37)20-19-21-33(2)43(55-58(17,18)46(9,10)11)35(4)44(51)47(12,13)41(29-42(49)50)54-57(15,16)45(6,7)8/h22-26,28,31,33,35,40-41,43H,19-21,27,29-30H2,1-18H3,(H,49,50)/b32-22-,34-28+/t33-,35+,40-,41-,43-/m0/s1. The molecule has 58 heavy (non-hydrogen) atoms. The van der Waals surface area contributed by atoms with E-state index in [1.807, 2.05) is 52.0 Å². The fourth-order valence-electron chi connectivity index (χ4n) is 6.61. The molecule has 0 saturated carbocycles. The zero-order chi connectivity index (χ0) is 44.4. The van der Waals surface area contributed by atoms with Crippen LogP contribution in [0.25, 0.3) is 6.08 Å². The Morgan fingerprint density at radius 1 is 0.914 bits per heavy atom. The Labute approximate surface area is 358 Å². The van der Waals surface area contributed by atoms with Crippen LogP contribution < -0.4 is 4.74 Å². The Morgan fingerprint density at radius 2 is 1.48 bits per heavy atom. The molecule has 0 aliphatic carbocycles. The van der Waals surface area contributed by atoms with E-state index in [-0.39, 0.29) is 40.4 Å². The van der Waals surface area contributed by atoms with Crippen LogP contribution in [0.2, 0.25) is 36.3 Å². The first-order valence-electron chi connectivity index (χ1n) is 21.1. The minimum Gasteiger partial charge on any atom is -0.497 e. The molecule has 8 nitrogen and oxygen atoms in total. The number of benzene rings is 1. The third kappa shape index (κ3) is 15.2. The molecule has 5 atom stereocenters. The number of aryl methyl sites for hydroxylation is 1. The Hall–Kier alpha value is -2.42. The molecule has 0 fully saturated rings. The van der Waals surface area contributed by atoms with E-state index in [1.54, 1.807) is 18.4 Å². The van der Waals surface area contributed by atoms with Crippen molar-refractivity contribution < 1.29 is 33.0 Å². The highest BCUT2D eigenvalue weighted by atomic mass is 32.1. The maximum atomic E-state index is 14.7. The molecule has 328 valence electrons. The highest BCUT2D eigenvalue weighted by Crippen LogP contribution is 2.44. The summed E-state index contributed by atoms with van der Waals surface area (Å²) < 4.78 is 25.8. The summed E-state index contributed by atoms with van der Waals surface area (Å²) in [5, 5.41) is 12.9. The number of rotatable bonds is 23. The summed E-state index contributed by atoms with van der Waals surface area (Å²) in [6.45, 7) is 36.6. The number of ketones is 1. The van der Waals surface area contributed by atoms with Crippen molar-refractivity contribution in [2.24, 2.45) is 17.3 Å². The molecule has 1 N–H and O–H groups in total. The number of methoxy groups -OCH3 is 1. The zero-order valence-corrected chi connectivity index (χ0v) is 42.2. The van der Waals surface area contributed by atoms with E-state index >= 15 is 0 Å². The van der Waals surface area contributed by atoms with Crippen molar-refractivity contribution in [1.82, 2.24) is 4.98 Å². The number of carboxylic acids is 1. The van der Waals surface area contributed by atoms with E-state index in [9.17, 15) is 14.7 Å². The molecule has 2 aromatic rings. The summed E-state index contributed by atoms with van der Waals surface area (Å²) in [6.07, 6.45) is 6.55. The molecular formula is C47H79NO7SSi2. The number of allylic oxidation sites excluding steroid dienone is 1. The van der Waals surface area contributed by atoms with E-state index in [0.717, 1.165) is 53.3 Å². The van der Waals surface area contributed by atoms with Crippen molar-refractivity contribution in [3.63, 3.8) is 0 Å². The van der Waals surface area contributed by atoms with Gasteiger partial charge in [-0.05, 0) is 118 Å². The van der Waals surface area contributed by atoms with Gasteiger partial charge in [-0.15, -0.1) is 11.3 Å². The third-order valence-corrected chi connectivity index (χ3v) is 22.5. The maximum absolute atomic E-state index is 14.7. The van der Waals surface area contributed by atoms with Crippen molar-refractivity contribution in [1.29, 1.82) is 0 Å². The van der Waals surface area contributed by atoms with Crippen LogP contribution in [0.5, 0.6) is 5.75 Å². The quantitative estimate of drug-likeness (QED) is 0.0870. The Morgan fingerprint density at radius 3 is 1.98 bits per heavy atom. The fourth-order valence-corrected chi connectivity index (χ4v) is 10.1. The van der Waals surface area contributed by atoms with Crippen molar-refractivity contribution in [3.05, 3.63) is 63.1 Å². The molecule has 1 heterocycles. The van der Waals surface area contributed by atoms with Gasteiger partial charge < -0.3 is 23.4 Å². The molecule has 2 rings (SSSR count). The summed E-state index contributed by atoms with van der Waals surface area (Å²) in [4.78, 5) is 31.6. The van der Waals surface area contributed by atoms with Crippen LogP contribution >= 0.6 is 11.3 Å². The van der Waals surface area contributed by atoms with E-state index in [2.05, 4.69) is 111 Å². The van der Waals surface area contributed by atoms with Crippen molar-refractivity contribution in [3.8, 4) is 5.75 Å². The second kappa shape index (κ2) is 21.4. The number of Topliss-reactive ketones (excluding diaryl/α,β-unsaturated/α-hetero) is 1. The zero-order valence-electron chi connectivity index (χ0n) is 39.4. The minimum atomic E-state index is -2.39. The molecule has 0 radical (unpaired) electrons. The van der Waals surface area contributed by atoms with Crippen LogP contribution in [0, 0.1) is 24.2 Å². The third-order valence-electron chi connectivity index (χ3n) is 12.8. The van der Waals surface area contributed by atoms with Crippen LogP contribution in [0.4, 0.5) is 0 Å². The van der Waals surface area contributed by atoms with Crippen molar-refractivity contribution in [2.45, 2.75) is 183 Å². The number of thiazole rings is 1. The number of carbonyl (C=O) groups is 2. The molecule has 11 heteroatoms. The number of ether oxygens (including phenoxy) is 2. The summed E-state index contributed by atoms with van der Waals surface area (Å²) in [6, 6.07) is 7.99. The predicted molar refractivity (Wildman–Crippen MR) is 248 cm³/mol. The van der Waals surface area contributed by atoms with Crippen molar-refractivity contribution >= 4 is 45.8 Å². The Bertz CT molecular complexity index is 1680. The fraction of sp³-hybridized carbons (Fsp3) is 0.681. The average Bonchev–Trinajstić information content (AvgIpc) is 3.52. The topological polar surface area (TPSA) is 104 Å². The van der Waals surface area contributed by atoms with Crippen LogP contribution in [-0.4, -0.2) is 63.9 Å². The Balaban J connectivity index is 2.30. The van der Waals surface area contributed by atoms with E-state index < -0.39 is 40.0 Å². The molecule has 0 spiro atoms. The second-order valence-corrected chi connectivity index (χ2v) is 30.7. The number of carboxylic acid groups (broad SMARTS) is 1. The van der Waals surface area contributed by atoms with Gasteiger partial charge in [0.2, 0.25) is 0 Å². The molecule has 0 bridgehead atoms. The lowest BCUT2D eigenvalue weighted by molar-refractivity contribution is -0.146. The molecule has 1 aromatic heterocycles. The average molecular weight is 858 g/mol. The van der Waals surface area contributed by atoms with Crippen LogP contribution in [0.1, 0.15) is 131 Å². The number of aromatic nitrogens is 1. The normalized spacial score (nSPS) is 16.4. The number of nitrogens with zero attached hydrogens (tertiary/aromatic N) is 1. The highest BCUT2D eigenvalue weighted by molar-refractivity contribution is 7.09. The van der Waals surface area contributed by atoms with E-state index in [0.29, 0.717) is 6.61 Å². The first-order valence-corrected chi connectivity index (χ1v) is 27.8.